The van der Waals surface area contributed by atoms with Gasteiger partial charge in [-0.3, -0.25) is 9.69 Å². The Bertz CT molecular complexity index is 906. The number of hydrogen-bond acceptors (Lipinski definition) is 2. The van der Waals surface area contributed by atoms with Crippen molar-refractivity contribution >= 4 is 18.0 Å². The summed E-state index contributed by atoms with van der Waals surface area (Å²) < 4.78 is 52.0. The molecule has 0 unspecified atom stereocenters. The SMILES string of the molecule is O=C1N/C(=C\c2cccc(C(F)(F)F)c2)C(=O)N1Cc1ccccc1F. The molecule has 134 valence electrons. The minimum absolute atomic E-state index is 0.108. The molecule has 0 radical (unpaired) electrons. The largest absolute Gasteiger partial charge is 0.416 e. The smallest absolute Gasteiger partial charge is 0.303 e. The molecular formula is C18H12F4N2O2. The number of halogens is 4. The molecule has 3 amide bonds. The highest BCUT2D eigenvalue weighted by Gasteiger charge is 2.34. The van der Waals surface area contributed by atoms with E-state index in [1.54, 1.807) is 6.07 Å². The first-order chi connectivity index (χ1) is 12.3. The average molecular weight is 364 g/mol. The summed E-state index contributed by atoms with van der Waals surface area (Å²) in [4.78, 5) is 25.1. The Morgan fingerprint density at radius 3 is 2.46 bits per heavy atom. The topological polar surface area (TPSA) is 49.4 Å². The lowest BCUT2D eigenvalue weighted by atomic mass is 10.1. The number of nitrogens with zero attached hydrogens (tertiary/aromatic N) is 1. The van der Waals surface area contributed by atoms with Crippen molar-refractivity contribution in [3.8, 4) is 0 Å². The molecule has 1 aliphatic heterocycles. The van der Waals surface area contributed by atoms with Crippen LogP contribution in [0, 0.1) is 5.82 Å². The molecule has 1 N–H and O–H groups in total. The first-order valence-electron chi connectivity index (χ1n) is 7.51. The summed E-state index contributed by atoms with van der Waals surface area (Å²) in [7, 11) is 0. The van der Waals surface area contributed by atoms with Crippen molar-refractivity contribution in [3.63, 3.8) is 0 Å². The van der Waals surface area contributed by atoms with Gasteiger partial charge in [-0.25, -0.2) is 9.18 Å². The molecule has 0 aliphatic carbocycles. The molecule has 2 aromatic carbocycles. The van der Waals surface area contributed by atoms with Gasteiger partial charge in [0.1, 0.15) is 11.5 Å². The quantitative estimate of drug-likeness (QED) is 0.510. The number of hydrogen-bond donors (Lipinski definition) is 1. The fourth-order valence-corrected chi connectivity index (χ4v) is 2.48. The van der Waals surface area contributed by atoms with E-state index in [-0.39, 0.29) is 23.4 Å². The van der Waals surface area contributed by atoms with Crippen molar-refractivity contribution in [2.75, 3.05) is 0 Å². The molecule has 0 atom stereocenters. The highest BCUT2D eigenvalue weighted by atomic mass is 19.4. The fraction of sp³-hybridized carbons (Fsp3) is 0.111. The second-order valence-corrected chi connectivity index (χ2v) is 5.59. The predicted molar refractivity (Wildman–Crippen MR) is 84.9 cm³/mol. The Labute approximate surface area is 145 Å². The summed E-state index contributed by atoms with van der Waals surface area (Å²) in [5.74, 6) is -1.31. The van der Waals surface area contributed by atoms with Crippen LogP contribution >= 0.6 is 0 Å². The Hall–Kier alpha value is -3.16. The molecule has 0 bridgehead atoms. The average Bonchev–Trinajstić information content (AvgIpc) is 2.84. The number of imide groups is 1. The Balaban J connectivity index is 1.85. The number of nitrogens with one attached hydrogen (secondary N) is 1. The number of amides is 3. The van der Waals surface area contributed by atoms with Crippen LogP contribution in [-0.4, -0.2) is 16.8 Å². The minimum Gasteiger partial charge on any atom is -0.303 e. The van der Waals surface area contributed by atoms with Gasteiger partial charge >= 0.3 is 12.2 Å². The van der Waals surface area contributed by atoms with Gasteiger partial charge in [-0.05, 0) is 29.8 Å². The van der Waals surface area contributed by atoms with Crippen molar-refractivity contribution in [1.29, 1.82) is 0 Å². The molecule has 1 saturated heterocycles. The summed E-state index contributed by atoms with van der Waals surface area (Å²) in [6, 6.07) is 9.26. The van der Waals surface area contributed by atoms with Gasteiger partial charge in [-0.2, -0.15) is 13.2 Å². The van der Waals surface area contributed by atoms with E-state index in [0.29, 0.717) is 0 Å². The van der Waals surface area contributed by atoms with Crippen LogP contribution in [0.25, 0.3) is 6.08 Å². The lowest BCUT2D eigenvalue weighted by molar-refractivity contribution is -0.137. The van der Waals surface area contributed by atoms with Crippen LogP contribution in [0.15, 0.2) is 54.2 Å². The maximum atomic E-state index is 13.7. The van der Waals surface area contributed by atoms with Gasteiger partial charge in [0.05, 0.1) is 12.1 Å². The molecule has 1 heterocycles. The van der Waals surface area contributed by atoms with Crippen LogP contribution in [0.3, 0.4) is 0 Å². The standard InChI is InChI=1S/C18H12F4N2O2/c19-14-7-2-1-5-12(14)10-24-16(25)15(23-17(24)26)9-11-4-3-6-13(8-11)18(20,21)22/h1-9H,10H2,(H,23,26)/b15-9-. The Kier molecular flexibility index (Phi) is 4.50. The minimum atomic E-state index is -4.52. The van der Waals surface area contributed by atoms with E-state index < -0.39 is 29.5 Å². The maximum Gasteiger partial charge on any atom is 0.416 e. The van der Waals surface area contributed by atoms with E-state index in [1.807, 2.05) is 0 Å². The van der Waals surface area contributed by atoms with Gasteiger partial charge in [0.2, 0.25) is 0 Å². The van der Waals surface area contributed by atoms with Crippen LogP contribution in [0.4, 0.5) is 22.4 Å². The second-order valence-electron chi connectivity index (χ2n) is 5.59. The molecule has 4 nitrogen and oxygen atoms in total. The molecule has 26 heavy (non-hydrogen) atoms. The van der Waals surface area contributed by atoms with Crippen LogP contribution in [0.5, 0.6) is 0 Å². The first-order valence-corrected chi connectivity index (χ1v) is 7.51. The van der Waals surface area contributed by atoms with Gasteiger partial charge < -0.3 is 5.32 Å². The molecule has 8 heteroatoms. The number of benzene rings is 2. The van der Waals surface area contributed by atoms with Crippen LogP contribution in [0.1, 0.15) is 16.7 Å². The maximum absolute atomic E-state index is 13.7. The molecule has 0 saturated carbocycles. The van der Waals surface area contributed by atoms with E-state index in [0.717, 1.165) is 23.1 Å². The number of carbonyl (C=O) groups excluding carboxylic acids is 2. The van der Waals surface area contributed by atoms with E-state index in [2.05, 4.69) is 5.32 Å². The van der Waals surface area contributed by atoms with Crippen molar-refractivity contribution in [2.45, 2.75) is 12.7 Å². The zero-order chi connectivity index (χ0) is 18.9. The molecule has 3 rings (SSSR count). The summed E-state index contributed by atoms with van der Waals surface area (Å²) in [6.07, 6.45) is -3.37. The van der Waals surface area contributed by atoms with Crippen LogP contribution in [-0.2, 0) is 17.5 Å². The zero-order valence-electron chi connectivity index (χ0n) is 13.2. The van der Waals surface area contributed by atoms with Gasteiger partial charge in [-0.1, -0.05) is 30.3 Å². The van der Waals surface area contributed by atoms with E-state index in [1.165, 1.54) is 30.3 Å². The first kappa shape index (κ1) is 17.7. The summed E-state index contributed by atoms with van der Waals surface area (Å²) in [5.41, 5.74) is -0.787. The van der Waals surface area contributed by atoms with Crippen molar-refractivity contribution in [2.24, 2.45) is 0 Å². The van der Waals surface area contributed by atoms with Crippen molar-refractivity contribution in [1.82, 2.24) is 10.2 Å². The molecule has 0 aromatic heterocycles. The number of alkyl halides is 3. The Morgan fingerprint density at radius 2 is 1.77 bits per heavy atom. The molecular weight excluding hydrogens is 352 g/mol. The normalized spacial score (nSPS) is 16.3. The molecule has 0 spiro atoms. The van der Waals surface area contributed by atoms with Gasteiger partial charge in [0.15, 0.2) is 0 Å². The van der Waals surface area contributed by atoms with E-state index in [9.17, 15) is 27.2 Å². The van der Waals surface area contributed by atoms with Crippen LogP contribution < -0.4 is 5.32 Å². The summed E-state index contributed by atoms with van der Waals surface area (Å²) in [5, 5.41) is 2.29. The lowest BCUT2D eigenvalue weighted by Crippen LogP contribution is -2.30. The monoisotopic (exact) mass is 364 g/mol. The van der Waals surface area contributed by atoms with Gasteiger partial charge in [-0.15, -0.1) is 0 Å². The second kappa shape index (κ2) is 6.62. The third-order valence-electron chi connectivity index (χ3n) is 3.77. The predicted octanol–water partition coefficient (Wildman–Crippen LogP) is 3.94. The zero-order valence-corrected chi connectivity index (χ0v) is 13.2. The van der Waals surface area contributed by atoms with Gasteiger partial charge in [0, 0.05) is 5.56 Å². The Morgan fingerprint density at radius 1 is 1.04 bits per heavy atom. The summed E-state index contributed by atoms with van der Waals surface area (Å²) in [6.45, 7) is -0.280. The molecule has 2 aromatic rings. The van der Waals surface area contributed by atoms with E-state index in [4.69, 9.17) is 0 Å². The summed E-state index contributed by atoms with van der Waals surface area (Å²) >= 11 is 0. The highest BCUT2D eigenvalue weighted by Crippen LogP contribution is 2.30. The molecule has 1 fully saturated rings. The van der Waals surface area contributed by atoms with Crippen molar-refractivity contribution < 1.29 is 27.2 Å². The number of rotatable bonds is 3. The number of urea groups is 1. The third-order valence-corrected chi connectivity index (χ3v) is 3.77. The fourth-order valence-electron chi connectivity index (χ4n) is 2.48. The van der Waals surface area contributed by atoms with Gasteiger partial charge in [0.25, 0.3) is 5.91 Å². The van der Waals surface area contributed by atoms with E-state index >= 15 is 0 Å². The lowest BCUT2D eigenvalue weighted by Gasteiger charge is -2.12. The highest BCUT2D eigenvalue weighted by molar-refractivity contribution is 6.13. The molecule has 1 aliphatic rings. The van der Waals surface area contributed by atoms with Crippen LogP contribution in [0.2, 0.25) is 0 Å². The number of carbonyl (C=O) groups is 2. The third kappa shape index (κ3) is 3.58. The van der Waals surface area contributed by atoms with Crippen molar-refractivity contribution in [3.05, 3.63) is 76.7 Å².